The van der Waals surface area contributed by atoms with Crippen LogP contribution in [0.15, 0.2) is 18.2 Å². The molecule has 0 fully saturated rings. The van der Waals surface area contributed by atoms with Crippen LogP contribution in [0.25, 0.3) is 0 Å². The highest BCUT2D eigenvalue weighted by molar-refractivity contribution is 5.86. The van der Waals surface area contributed by atoms with Crippen molar-refractivity contribution < 1.29 is 13.9 Å². The molecule has 0 bridgehead atoms. The fourth-order valence-corrected chi connectivity index (χ4v) is 2.03. The summed E-state index contributed by atoms with van der Waals surface area (Å²) in [7, 11) is 1.51. The third-order valence-electron chi connectivity index (χ3n) is 3.72. The van der Waals surface area contributed by atoms with Gasteiger partial charge in [0, 0.05) is 5.56 Å². The van der Waals surface area contributed by atoms with Gasteiger partial charge in [0.25, 0.3) is 0 Å². The molecule has 112 valence electrons. The first kappa shape index (κ1) is 16.4. The van der Waals surface area contributed by atoms with Crippen LogP contribution in [0, 0.1) is 5.82 Å². The fraction of sp³-hybridized carbons (Fsp3) is 0.533. The van der Waals surface area contributed by atoms with E-state index in [1.54, 1.807) is 13.0 Å². The minimum absolute atomic E-state index is 0.235. The number of methoxy groups -OCH3 is 1. The highest BCUT2D eigenvalue weighted by Crippen LogP contribution is 2.26. The van der Waals surface area contributed by atoms with Crippen molar-refractivity contribution in [3.8, 4) is 5.75 Å². The van der Waals surface area contributed by atoms with Crippen LogP contribution in [0.4, 0.5) is 4.39 Å². The second kappa shape index (κ2) is 6.70. The van der Waals surface area contributed by atoms with Gasteiger partial charge in [-0.15, -0.1) is 0 Å². The number of carbonyl (C=O) groups is 1. The van der Waals surface area contributed by atoms with E-state index in [2.05, 4.69) is 5.32 Å². The quantitative estimate of drug-likeness (QED) is 0.842. The lowest BCUT2D eigenvalue weighted by atomic mass is 9.92. The van der Waals surface area contributed by atoms with Crippen molar-refractivity contribution >= 4 is 5.91 Å². The second-order valence-corrected chi connectivity index (χ2v) is 4.94. The average molecular weight is 282 g/mol. The molecule has 0 heterocycles. The first-order valence-corrected chi connectivity index (χ1v) is 6.81. The molecule has 0 saturated heterocycles. The van der Waals surface area contributed by atoms with Crippen LogP contribution in [0.2, 0.25) is 0 Å². The molecule has 4 nitrogen and oxygen atoms in total. The van der Waals surface area contributed by atoms with Gasteiger partial charge in [-0.05, 0) is 38.0 Å². The number of ether oxygens (including phenoxy) is 1. The van der Waals surface area contributed by atoms with Crippen LogP contribution in [0.5, 0.6) is 5.75 Å². The van der Waals surface area contributed by atoms with Gasteiger partial charge in [0.2, 0.25) is 5.91 Å². The molecular weight excluding hydrogens is 259 g/mol. The number of carbonyl (C=O) groups excluding carboxylic acids is 1. The van der Waals surface area contributed by atoms with Crippen molar-refractivity contribution in [1.82, 2.24) is 5.32 Å². The molecule has 1 aromatic rings. The number of benzene rings is 1. The maximum atomic E-state index is 13.4. The van der Waals surface area contributed by atoms with Gasteiger partial charge in [-0.2, -0.15) is 0 Å². The lowest BCUT2D eigenvalue weighted by Gasteiger charge is -2.28. The molecule has 3 N–H and O–H groups in total. The molecule has 0 saturated carbocycles. The van der Waals surface area contributed by atoms with Crippen molar-refractivity contribution in [1.29, 1.82) is 0 Å². The van der Waals surface area contributed by atoms with Crippen molar-refractivity contribution in [2.24, 2.45) is 5.73 Å². The van der Waals surface area contributed by atoms with Gasteiger partial charge < -0.3 is 15.8 Å². The predicted molar refractivity (Wildman–Crippen MR) is 77.0 cm³/mol. The SMILES string of the molecule is CCC(N)(CC)C(=O)NC(C)c1cc(F)ccc1OC. The Labute approximate surface area is 119 Å². The fourth-order valence-electron chi connectivity index (χ4n) is 2.03. The first-order chi connectivity index (χ1) is 9.37. The number of rotatable bonds is 6. The first-order valence-electron chi connectivity index (χ1n) is 6.81. The lowest BCUT2D eigenvalue weighted by Crippen LogP contribution is -2.53. The minimum atomic E-state index is -0.894. The molecule has 1 rings (SSSR count). The normalized spacial score (nSPS) is 12.9. The van der Waals surface area contributed by atoms with Crippen molar-refractivity contribution in [2.45, 2.75) is 45.2 Å². The third-order valence-corrected chi connectivity index (χ3v) is 3.72. The number of amides is 1. The van der Waals surface area contributed by atoms with Gasteiger partial charge in [0.05, 0.1) is 18.7 Å². The van der Waals surface area contributed by atoms with Gasteiger partial charge in [-0.1, -0.05) is 13.8 Å². The van der Waals surface area contributed by atoms with Gasteiger partial charge in [-0.25, -0.2) is 4.39 Å². The molecule has 1 aromatic carbocycles. The smallest absolute Gasteiger partial charge is 0.240 e. The second-order valence-electron chi connectivity index (χ2n) is 4.94. The van der Waals surface area contributed by atoms with Gasteiger partial charge in [-0.3, -0.25) is 4.79 Å². The molecule has 1 atom stereocenters. The van der Waals surface area contributed by atoms with E-state index in [4.69, 9.17) is 10.5 Å². The molecule has 1 amide bonds. The summed E-state index contributed by atoms with van der Waals surface area (Å²) in [5, 5.41) is 2.83. The molecule has 0 spiro atoms. The average Bonchev–Trinajstić information content (AvgIpc) is 2.46. The van der Waals surface area contributed by atoms with E-state index < -0.39 is 5.54 Å². The van der Waals surface area contributed by atoms with E-state index in [0.717, 1.165) is 0 Å². The summed E-state index contributed by atoms with van der Waals surface area (Å²) in [6.45, 7) is 5.52. The zero-order chi connectivity index (χ0) is 15.3. The van der Waals surface area contributed by atoms with Crippen LogP contribution in [0.1, 0.15) is 45.2 Å². The molecular formula is C15H23FN2O2. The van der Waals surface area contributed by atoms with E-state index in [9.17, 15) is 9.18 Å². The summed E-state index contributed by atoms with van der Waals surface area (Å²) in [5.41, 5.74) is 5.75. The Hall–Kier alpha value is -1.62. The summed E-state index contributed by atoms with van der Waals surface area (Å²) >= 11 is 0. The van der Waals surface area contributed by atoms with Crippen LogP contribution in [0.3, 0.4) is 0 Å². The van der Waals surface area contributed by atoms with Crippen molar-refractivity contribution in [3.05, 3.63) is 29.6 Å². The van der Waals surface area contributed by atoms with E-state index in [1.807, 2.05) is 13.8 Å². The van der Waals surface area contributed by atoms with E-state index in [-0.39, 0.29) is 17.8 Å². The number of halogens is 1. The zero-order valence-corrected chi connectivity index (χ0v) is 12.5. The summed E-state index contributed by atoms with van der Waals surface area (Å²) < 4.78 is 18.5. The Bertz CT molecular complexity index is 473. The van der Waals surface area contributed by atoms with Gasteiger partial charge >= 0.3 is 0 Å². The summed E-state index contributed by atoms with van der Waals surface area (Å²) in [5.74, 6) is -0.0666. The number of hydrogen-bond acceptors (Lipinski definition) is 3. The molecule has 1 unspecified atom stereocenters. The number of nitrogens with one attached hydrogen (secondary N) is 1. The molecule has 20 heavy (non-hydrogen) atoms. The molecule has 5 heteroatoms. The van der Waals surface area contributed by atoms with E-state index in [0.29, 0.717) is 24.2 Å². The summed E-state index contributed by atoms with van der Waals surface area (Å²) in [6, 6.07) is 3.85. The maximum absolute atomic E-state index is 13.4. The van der Waals surface area contributed by atoms with E-state index >= 15 is 0 Å². The minimum Gasteiger partial charge on any atom is -0.496 e. The maximum Gasteiger partial charge on any atom is 0.240 e. The Morgan fingerprint density at radius 1 is 1.45 bits per heavy atom. The van der Waals surface area contributed by atoms with Crippen LogP contribution in [-0.4, -0.2) is 18.6 Å². The third kappa shape index (κ3) is 3.48. The molecule has 0 aliphatic rings. The molecule has 0 radical (unpaired) electrons. The lowest BCUT2D eigenvalue weighted by molar-refractivity contribution is -0.127. The van der Waals surface area contributed by atoms with Crippen molar-refractivity contribution in [3.63, 3.8) is 0 Å². The van der Waals surface area contributed by atoms with Gasteiger partial charge in [0.15, 0.2) is 0 Å². The zero-order valence-electron chi connectivity index (χ0n) is 12.5. The monoisotopic (exact) mass is 282 g/mol. The highest BCUT2D eigenvalue weighted by Gasteiger charge is 2.31. The van der Waals surface area contributed by atoms with Crippen molar-refractivity contribution in [2.75, 3.05) is 7.11 Å². The van der Waals surface area contributed by atoms with Crippen LogP contribution in [-0.2, 0) is 4.79 Å². The topological polar surface area (TPSA) is 64.4 Å². The molecule has 0 aromatic heterocycles. The van der Waals surface area contributed by atoms with Gasteiger partial charge in [0.1, 0.15) is 11.6 Å². The molecule has 0 aliphatic heterocycles. The highest BCUT2D eigenvalue weighted by atomic mass is 19.1. The standard InChI is InChI=1S/C15H23FN2O2/c1-5-15(17,6-2)14(19)18-10(3)12-9-11(16)7-8-13(12)20-4/h7-10H,5-6,17H2,1-4H3,(H,18,19). The Morgan fingerprint density at radius 2 is 2.05 bits per heavy atom. The van der Waals surface area contributed by atoms with Crippen LogP contribution >= 0.6 is 0 Å². The Kier molecular flexibility index (Phi) is 5.51. The summed E-state index contributed by atoms with van der Waals surface area (Å²) in [4.78, 5) is 12.2. The Morgan fingerprint density at radius 3 is 2.55 bits per heavy atom. The molecule has 0 aliphatic carbocycles. The number of nitrogens with two attached hydrogens (primary N) is 1. The predicted octanol–water partition coefficient (Wildman–Crippen LogP) is 2.53. The Balaban J connectivity index is 2.94. The summed E-state index contributed by atoms with van der Waals surface area (Å²) in [6.07, 6.45) is 1.09. The largest absolute Gasteiger partial charge is 0.496 e. The van der Waals surface area contributed by atoms with E-state index in [1.165, 1.54) is 19.2 Å². The number of hydrogen-bond donors (Lipinski definition) is 2. The van der Waals surface area contributed by atoms with Crippen LogP contribution < -0.4 is 15.8 Å².